The van der Waals surface area contributed by atoms with Crippen LogP contribution < -0.4 is 10.8 Å². The van der Waals surface area contributed by atoms with E-state index in [4.69, 9.17) is 0 Å². The van der Waals surface area contributed by atoms with Gasteiger partial charge in [0.1, 0.15) is 7.85 Å². The van der Waals surface area contributed by atoms with Gasteiger partial charge in [-0.05, 0) is 6.07 Å². The first-order valence-electron chi connectivity index (χ1n) is 3.65. The van der Waals surface area contributed by atoms with Gasteiger partial charge in [0.15, 0.2) is 0 Å². The highest BCUT2D eigenvalue weighted by molar-refractivity contribution is 6.52. The summed E-state index contributed by atoms with van der Waals surface area (Å²) in [5, 5.41) is 2.49. The Hall–Kier alpha value is -1.58. The monoisotopic (exact) mass is 159 g/mol. The molecule has 1 aliphatic rings. The highest BCUT2D eigenvalue weighted by Gasteiger charge is 2.27. The number of hydrogen-bond acceptors (Lipinski definition) is 2. The van der Waals surface area contributed by atoms with Gasteiger partial charge in [-0.1, -0.05) is 17.6 Å². The molecular weight excluding hydrogens is 153 g/mol. The molecule has 4 heteroatoms. The second-order valence-corrected chi connectivity index (χ2v) is 2.83. The molecule has 1 aliphatic heterocycles. The largest absolute Gasteiger partial charge is 0.318 e. The number of amides is 1. The maximum Gasteiger partial charge on any atom is 0.296 e. The molecule has 0 bridgehead atoms. The normalized spacial score (nSPS) is 14.3. The third kappa shape index (κ3) is 0.846. The summed E-state index contributed by atoms with van der Waals surface area (Å²) in [7, 11) is 1.89. The second-order valence-electron chi connectivity index (χ2n) is 2.83. The van der Waals surface area contributed by atoms with Crippen LogP contribution in [0, 0.1) is 0 Å². The van der Waals surface area contributed by atoms with E-state index in [1.165, 1.54) is 0 Å². The third-order valence-electron chi connectivity index (χ3n) is 1.87. The number of ketones is 1. The second kappa shape index (κ2) is 2.20. The van der Waals surface area contributed by atoms with Gasteiger partial charge >= 0.3 is 0 Å². The Balaban J connectivity index is 2.63. The van der Waals surface area contributed by atoms with E-state index >= 15 is 0 Å². The zero-order valence-electron chi connectivity index (χ0n) is 6.55. The van der Waals surface area contributed by atoms with Crippen LogP contribution >= 0.6 is 0 Å². The standard InChI is InChI=1S/C8H6BNO2/c9-4-1-2-6-5(3-4)7(11)8(12)10-6/h1-3H,9H2,(H,10,11,12). The van der Waals surface area contributed by atoms with E-state index in [2.05, 4.69) is 5.32 Å². The van der Waals surface area contributed by atoms with Gasteiger partial charge in [-0.3, -0.25) is 9.59 Å². The molecule has 0 atom stereocenters. The topological polar surface area (TPSA) is 46.2 Å². The first-order chi connectivity index (χ1) is 5.68. The maximum atomic E-state index is 11.1. The predicted molar refractivity (Wildman–Crippen MR) is 47.6 cm³/mol. The van der Waals surface area contributed by atoms with Crippen LogP contribution in [0.4, 0.5) is 5.69 Å². The molecule has 0 unspecified atom stereocenters. The van der Waals surface area contributed by atoms with Gasteiger partial charge in [0.25, 0.3) is 11.7 Å². The minimum Gasteiger partial charge on any atom is -0.318 e. The van der Waals surface area contributed by atoms with E-state index in [0.717, 1.165) is 5.46 Å². The van der Waals surface area contributed by atoms with E-state index in [-0.39, 0.29) is 0 Å². The van der Waals surface area contributed by atoms with Gasteiger partial charge in [-0.15, -0.1) is 0 Å². The summed E-state index contributed by atoms with van der Waals surface area (Å²) in [6.45, 7) is 0. The average Bonchev–Trinajstić information content (AvgIpc) is 2.31. The summed E-state index contributed by atoms with van der Waals surface area (Å²) in [5.41, 5.74) is 2.09. The molecular formula is C8H6BNO2. The summed E-state index contributed by atoms with van der Waals surface area (Å²) in [4.78, 5) is 22.0. The van der Waals surface area contributed by atoms with Gasteiger partial charge in [0.2, 0.25) is 0 Å². The summed E-state index contributed by atoms with van der Waals surface area (Å²) in [6, 6.07) is 5.32. The number of hydrogen-bond donors (Lipinski definition) is 1. The molecule has 0 saturated carbocycles. The van der Waals surface area contributed by atoms with Crippen molar-refractivity contribution in [3.05, 3.63) is 23.8 Å². The van der Waals surface area contributed by atoms with Gasteiger partial charge in [0, 0.05) is 0 Å². The van der Waals surface area contributed by atoms with Crippen molar-refractivity contribution >= 4 is 30.7 Å². The van der Waals surface area contributed by atoms with E-state index in [0.29, 0.717) is 11.3 Å². The quantitative estimate of drug-likeness (QED) is 0.393. The summed E-state index contributed by atoms with van der Waals surface area (Å²) >= 11 is 0. The molecule has 0 radical (unpaired) electrons. The Morgan fingerprint density at radius 1 is 1.25 bits per heavy atom. The fraction of sp³-hybridized carbons (Fsp3) is 0. The number of rotatable bonds is 0. The number of Topliss-reactive ketones (excluding diaryl/α,β-unsaturated/α-hetero) is 1. The molecule has 1 amide bonds. The van der Waals surface area contributed by atoms with Crippen molar-refractivity contribution in [2.75, 3.05) is 5.32 Å². The van der Waals surface area contributed by atoms with E-state index < -0.39 is 11.7 Å². The Kier molecular flexibility index (Phi) is 1.30. The minimum atomic E-state index is -0.532. The molecule has 0 aromatic heterocycles. The van der Waals surface area contributed by atoms with Crippen LogP contribution in [-0.4, -0.2) is 19.5 Å². The maximum absolute atomic E-state index is 11.1. The van der Waals surface area contributed by atoms with Crippen molar-refractivity contribution in [2.45, 2.75) is 0 Å². The van der Waals surface area contributed by atoms with Crippen molar-refractivity contribution in [2.24, 2.45) is 0 Å². The van der Waals surface area contributed by atoms with Crippen LogP contribution in [0.1, 0.15) is 10.4 Å². The lowest BCUT2D eigenvalue weighted by Gasteiger charge is -1.96. The lowest BCUT2D eigenvalue weighted by molar-refractivity contribution is -0.112. The first-order valence-corrected chi connectivity index (χ1v) is 3.65. The highest BCUT2D eigenvalue weighted by atomic mass is 16.2. The summed E-state index contributed by atoms with van der Waals surface area (Å²) in [5.74, 6) is -0.968. The van der Waals surface area contributed by atoms with Gasteiger partial charge < -0.3 is 5.32 Å². The predicted octanol–water partition coefficient (Wildman–Crippen LogP) is -0.920. The van der Waals surface area contributed by atoms with E-state index in [1.54, 1.807) is 12.1 Å². The van der Waals surface area contributed by atoms with Crippen LogP contribution in [0.15, 0.2) is 18.2 Å². The summed E-state index contributed by atoms with van der Waals surface area (Å²) < 4.78 is 0. The lowest BCUT2D eigenvalue weighted by atomic mass is 9.93. The minimum absolute atomic E-state index is 0.436. The molecule has 1 aromatic rings. The molecule has 2 rings (SSSR count). The Morgan fingerprint density at radius 3 is 2.75 bits per heavy atom. The molecule has 12 heavy (non-hydrogen) atoms. The van der Waals surface area contributed by atoms with Crippen molar-refractivity contribution in [1.29, 1.82) is 0 Å². The van der Waals surface area contributed by atoms with Crippen LogP contribution in [-0.2, 0) is 4.79 Å². The SMILES string of the molecule is Bc1ccc2c(c1)C(=O)C(=O)N2. The van der Waals surface area contributed by atoms with Crippen molar-refractivity contribution < 1.29 is 9.59 Å². The smallest absolute Gasteiger partial charge is 0.296 e. The number of nitrogens with one attached hydrogen (secondary N) is 1. The zero-order chi connectivity index (χ0) is 8.72. The average molecular weight is 159 g/mol. The van der Waals surface area contributed by atoms with Gasteiger partial charge in [-0.25, -0.2) is 0 Å². The van der Waals surface area contributed by atoms with Gasteiger partial charge in [-0.2, -0.15) is 0 Å². The molecule has 0 saturated heterocycles. The molecule has 1 N–H and O–H groups in total. The molecule has 0 aliphatic carbocycles. The number of anilines is 1. The first kappa shape index (κ1) is 7.09. The molecule has 58 valence electrons. The Labute approximate surface area is 70.2 Å². The van der Waals surface area contributed by atoms with E-state index in [1.807, 2.05) is 13.9 Å². The fourth-order valence-electron chi connectivity index (χ4n) is 1.26. The molecule has 3 nitrogen and oxygen atoms in total. The number of fused-ring (bicyclic) bond motifs is 1. The zero-order valence-corrected chi connectivity index (χ0v) is 6.55. The van der Waals surface area contributed by atoms with E-state index in [9.17, 15) is 9.59 Å². The highest BCUT2D eigenvalue weighted by Crippen LogP contribution is 2.20. The molecule has 0 spiro atoms. The van der Waals surface area contributed by atoms with Crippen molar-refractivity contribution in [1.82, 2.24) is 0 Å². The van der Waals surface area contributed by atoms with Crippen molar-refractivity contribution in [3.63, 3.8) is 0 Å². The number of carbonyl (C=O) groups excluding carboxylic acids is 2. The van der Waals surface area contributed by atoms with Crippen LogP contribution in [0.5, 0.6) is 0 Å². The number of benzene rings is 1. The molecule has 1 aromatic carbocycles. The third-order valence-corrected chi connectivity index (χ3v) is 1.87. The fourth-order valence-corrected chi connectivity index (χ4v) is 1.26. The van der Waals surface area contributed by atoms with Crippen molar-refractivity contribution in [3.8, 4) is 0 Å². The Bertz CT molecular complexity index is 387. The Morgan fingerprint density at radius 2 is 2.00 bits per heavy atom. The van der Waals surface area contributed by atoms with Crippen LogP contribution in [0.25, 0.3) is 0 Å². The lowest BCUT2D eigenvalue weighted by Crippen LogP contribution is -2.12. The molecule has 1 heterocycles. The number of carbonyl (C=O) groups is 2. The van der Waals surface area contributed by atoms with Crippen LogP contribution in [0.3, 0.4) is 0 Å². The van der Waals surface area contributed by atoms with Gasteiger partial charge in [0.05, 0.1) is 11.3 Å². The summed E-state index contributed by atoms with van der Waals surface area (Å²) in [6.07, 6.45) is 0. The molecule has 0 fully saturated rings. The van der Waals surface area contributed by atoms with Crippen LogP contribution in [0.2, 0.25) is 0 Å².